The molecule has 2 N–H and O–H groups in total. The first-order valence-corrected chi connectivity index (χ1v) is 14.8. The number of hydrogen-bond donors (Lipinski definition) is 1. The molecule has 1 rings (SSSR count). The summed E-state index contributed by atoms with van der Waals surface area (Å²) < 4.78 is 0.245. The summed E-state index contributed by atoms with van der Waals surface area (Å²) in [4.78, 5) is 15.6. The number of aliphatic imine (C=N–C) groups is 1. The van der Waals surface area contributed by atoms with Gasteiger partial charge in [0, 0.05) is 13.0 Å². The lowest BCUT2D eigenvalue weighted by Crippen LogP contribution is -2.55. The fraction of sp³-hybridized carbons (Fsp3) is 0.800. The molecule has 0 aliphatic carbocycles. The third kappa shape index (κ3) is 16.0. The van der Waals surface area contributed by atoms with Gasteiger partial charge in [0.25, 0.3) is 0 Å². The highest BCUT2D eigenvalue weighted by Gasteiger charge is 2.34. The van der Waals surface area contributed by atoms with E-state index in [0.29, 0.717) is 13.1 Å². The van der Waals surface area contributed by atoms with Gasteiger partial charge in [-0.3, -0.25) is 0 Å². The standard InChI is InChI=1S/C30H55N3O2/c1-2-3-4-5-6-7-8-9-10-11-12-13-14-15-16-17-18-19-20-21-22-23-29-32-25-27-33(29,26-24-31)28-30(34)35/h7-8,25,27H,2-6,9-24,26,28,31H2,1H3/b8-7+. The Morgan fingerprint density at radius 2 is 1.31 bits per heavy atom. The summed E-state index contributed by atoms with van der Waals surface area (Å²) in [7, 11) is 0. The van der Waals surface area contributed by atoms with E-state index in [9.17, 15) is 9.90 Å². The smallest absolute Gasteiger partial charge is 0.207 e. The Kier molecular flexibility index (Phi) is 19.7. The molecule has 1 aliphatic rings. The van der Waals surface area contributed by atoms with Gasteiger partial charge in [-0.05, 0) is 32.1 Å². The fourth-order valence-corrected chi connectivity index (χ4v) is 5.04. The van der Waals surface area contributed by atoms with Crippen LogP contribution in [0.1, 0.15) is 135 Å². The zero-order valence-electron chi connectivity index (χ0n) is 22.9. The number of rotatable bonds is 25. The molecule has 0 saturated carbocycles. The van der Waals surface area contributed by atoms with Crippen LogP contribution in [-0.2, 0) is 4.79 Å². The fourth-order valence-electron chi connectivity index (χ4n) is 5.04. The molecular formula is C30H55N3O2. The zero-order chi connectivity index (χ0) is 25.5. The van der Waals surface area contributed by atoms with E-state index in [2.05, 4.69) is 24.1 Å². The second-order valence-electron chi connectivity index (χ2n) is 10.4. The number of hydrogen-bond acceptors (Lipinski definition) is 4. The minimum Gasteiger partial charge on any atom is -0.544 e. The third-order valence-corrected chi connectivity index (χ3v) is 7.19. The lowest BCUT2D eigenvalue weighted by molar-refractivity contribution is -0.780. The van der Waals surface area contributed by atoms with Crippen molar-refractivity contribution in [3.8, 4) is 0 Å². The van der Waals surface area contributed by atoms with E-state index in [4.69, 9.17) is 5.73 Å². The Bertz CT molecular complexity index is 615. The van der Waals surface area contributed by atoms with Crippen LogP contribution in [0.2, 0.25) is 0 Å². The Labute approximate surface area is 216 Å². The molecule has 5 heteroatoms. The van der Waals surface area contributed by atoms with Gasteiger partial charge >= 0.3 is 0 Å². The summed E-state index contributed by atoms with van der Waals surface area (Å²) >= 11 is 0. The molecule has 0 bridgehead atoms. The largest absolute Gasteiger partial charge is 0.544 e. The number of quaternary nitrogens is 1. The number of nitrogens with two attached hydrogens (primary N) is 1. The number of nitrogens with zero attached hydrogens (tertiary/aromatic N) is 2. The summed E-state index contributed by atoms with van der Waals surface area (Å²) in [6.07, 6.45) is 34.5. The lowest BCUT2D eigenvalue weighted by Gasteiger charge is -2.32. The van der Waals surface area contributed by atoms with Gasteiger partial charge in [0.1, 0.15) is 19.3 Å². The maximum Gasteiger partial charge on any atom is 0.207 e. The molecule has 0 saturated heterocycles. The summed E-state index contributed by atoms with van der Waals surface area (Å²) in [5.74, 6) is -0.122. The Hall–Kier alpha value is -1.46. The van der Waals surface area contributed by atoms with Crippen LogP contribution >= 0.6 is 0 Å². The van der Waals surface area contributed by atoms with Crippen LogP contribution in [0.3, 0.4) is 0 Å². The average molecular weight is 490 g/mol. The molecule has 0 radical (unpaired) electrons. The van der Waals surface area contributed by atoms with Gasteiger partial charge in [-0.1, -0.05) is 109 Å². The molecule has 0 amide bonds. The van der Waals surface area contributed by atoms with Crippen molar-refractivity contribution in [2.45, 2.75) is 135 Å². The molecule has 0 aromatic carbocycles. The van der Waals surface area contributed by atoms with Gasteiger partial charge in [0.15, 0.2) is 0 Å². The van der Waals surface area contributed by atoms with Crippen molar-refractivity contribution in [1.82, 2.24) is 0 Å². The number of amidine groups is 1. The molecule has 1 aliphatic heterocycles. The summed E-state index contributed by atoms with van der Waals surface area (Å²) in [5, 5.41) is 11.2. The normalized spacial score (nSPS) is 17.5. The van der Waals surface area contributed by atoms with E-state index in [1.54, 1.807) is 6.20 Å². The van der Waals surface area contributed by atoms with E-state index in [0.717, 1.165) is 18.7 Å². The van der Waals surface area contributed by atoms with Crippen molar-refractivity contribution >= 4 is 11.8 Å². The highest BCUT2D eigenvalue weighted by Crippen LogP contribution is 2.21. The first kappa shape index (κ1) is 31.6. The van der Waals surface area contributed by atoms with E-state index in [-0.39, 0.29) is 11.0 Å². The van der Waals surface area contributed by atoms with Crippen LogP contribution in [0.4, 0.5) is 0 Å². The van der Waals surface area contributed by atoms with E-state index < -0.39 is 5.97 Å². The van der Waals surface area contributed by atoms with E-state index >= 15 is 0 Å². The van der Waals surface area contributed by atoms with Crippen molar-refractivity contribution in [3.63, 3.8) is 0 Å². The molecule has 5 nitrogen and oxygen atoms in total. The summed E-state index contributed by atoms with van der Waals surface area (Å²) in [6.45, 7) is 3.21. The molecule has 0 fully saturated rings. The average Bonchev–Trinajstić information content (AvgIpc) is 3.21. The molecule has 0 spiro atoms. The molecule has 35 heavy (non-hydrogen) atoms. The first-order chi connectivity index (χ1) is 17.1. The third-order valence-electron chi connectivity index (χ3n) is 7.19. The van der Waals surface area contributed by atoms with Crippen LogP contribution in [0.25, 0.3) is 0 Å². The van der Waals surface area contributed by atoms with Crippen LogP contribution in [0.15, 0.2) is 29.5 Å². The van der Waals surface area contributed by atoms with Crippen LogP contribution < -0.4 is 10.8 Å². The number of aliphatic carboxylic acids is 1. The van der Waals surface area contributed by atoms with Gasteiger partial charge in [0.2, 0.25) is 5.84 Å². The molecular weight excluding hydrogens is 434 g/mol. The minimum atomic E-state index is -1.05. The number of carbonyl (C=O) groups excluding carboxylic acids is 1. The number of carboxylic acid groups (broad SMARTS) is 1. The van der Waals surface area contributed by atoms with Crippen molar-refractivity contribution in [2.24, 2.45) is 10.7 Å². The lowest BCUT2D eigenvalue weighted by atomic mass is 10.0. The SMILES string of the molecule is CCCCCC/C=C/CCCCCCCCCCCCCCCC1=NC=C[N+]1(CCN)CC(=O)[O-]. The topological polar surface area (TPSA) is 78.5 Å². The molecule has 0 aromatic heterocycles. The summed E-state index contributed by atoms with van der Waals surface area (Å²) in [5.41, 5.74) is 5.72. The Morgan fingerprint density at radius 3 is 1.80 bits per heavy atom. The molecule has 1 atom stereocenters. The molecule has 1 heterocycles. The van der Waals surface area contributed by atoms with Gasteiger partial charge < -0.3 is 15.6 Å². The Balaban J connectivity index is 1.87. The molecule has 202 valence electrons. The highest BCUT2D eigenvalue weighted by molar-refractivity contribution is 5.80. The number of carboxylic acids is 1. The van der Waals surface area contributed by atoms with Gasteiger partial charge in [-0.2, -0.15) is 0 Å². The molecule has 1 unspecified atom stereocenters. The maximum absolute atomic E-state index is 11.2. The number of carbonyl (C=O) groups is 1. The zero-order valence-corrected chi connectivity index (χ0v) is 22.9. The van der Waals surface area contributed by atoms with Crippen LogP contribution in [-0.4, -0.2) is 35.9 Å². The number of allylic oxidation sites excluding steroid dienone is 2. The molecule has 0 aromatic rings. The monoisotopic (exact) mass is 489 g/mol. The highest BCUT2D eigenvalue weighted by atomic mass is 16.4. The van der Waals surface area contributed by atoms with Gasteiger partial charge in [-0.25, -0.2) is 9.48 Å². The van der Waals surface area contributed by atoms with E-state index in [1.807, 2.05) is 6.20 Å². The predicted molar refractivity (Wildman–Crippen MR) is 148 cm³/mol. The van der Waals surface area contributed by atoms with Crippen molar-refractivity contribution in [1.29, 1.82) is 0 Å². The van der Waals surface area contributed by atoms with Crippen molar-refractivity contribution < 1.29 is 14.4 Å². The van der Waals surface area contributed by atoms with Crippen molar-refractivity contribution in [3.05, 3.63) is 24.6 Å². The number of unbranched alkanes of at least 4 members (excludes halogenated alkanes) is 17. The predicted octanol–water partition coefficient (Wildman–Crippen LogP) is 6.77. The van der Waals surface area contributed by atoms with E-state index in [1.165, 1.54) is 116 Å². The summed E-state index contributed by atoms with van der Waals surface area (Å²) in [6, 6.07) is 0. The Morgan fingerprint density at radius 1 is 0.829 bits per heavy atom. The second kappa shape index (κ2) is 21.8. The second-order valence-corrected chi connectivity index (χ2v) is 10.4. The van der Waals surface area contributed by atoms with Crippen molar-refractivity contribution in [2.75, 3.05) is 19.6 Å². The quantitative estimate of drug-likeness (QED) is 0.0872. The van der Waals surface area contributed by atoms with Gasteiger partial charge in [-0.15, -0.1) is 0 Å². The minimum absolute atomic E-state index is 0.0663. The maximum atomic E-state index is 11.2. The first-order valence-electron chi connectivity index (χ1n) is 14.8. The van der Waals surface area contributed by atoms with Crippen LogP contribution in [0.5, 0.6) is 0 Å². The van der Waals surface area contributed by atoms with Crippen LogP contribution in [0, 0.1) is 0 Å². The van der Waals surface area contributed by atoms with Gasteiger partial charge in [0.05, 0.1) is 12.2 Å².